The molecule has 2 aliphatic heterocycles. The van der Waals surface area contributed by atoms with Crippen LogP contribution in [0.2, 0.25) is 0 Å². The van der Waals surface area contributed by atoms with E-state index in [1.54, 1.807) is 36.4 Å². The van der Waals surface area contributed by atoms with E-state index < -0.39 is 16.0 Å². The normalized spacial score (nSPS) is 18.3. The Morgan fingerprint density at radius 3 is 2.27 bits per heavy atom. The Morgan fingerprint density at radius 2 is 1.67 bits per heavy atom. The number of aromatic carboxylic acids is 1. The average Bonchev–Trinajstić information content (AvgIpc) is 2.84. The summed E-state index contributed by atoms with van der Waals surface area (Å²) in [5.74, 6) is -1.06. The van der Waals surface area contributed by atoms with Crippen LogP contribution in [0.4, 0.5) is 11.4 Å². The summed E-state index contributed by atoms with van der Waals surface area (Å²) in [5, 5.41) is 9.84. The summed E-state index contributed by atoms with van der Waals surface area (Å²) in [7, 11) is -3.80. The van der Waals surface area contributed by atoms with Crippen LogP contribution in [0.5, 0.6) is 0 Å². The van der Waals surface area contributed by atoms with Gasteiger partial charge in [0.05, 0.1) is 16.1 Å². The molecule has 178 valence electrons. The highest BCUT2D eigenvalue weighted by molar-refractivity contribution is 7.92. The van der Waals surface area contributed by atoms with Crippen molar-refractivity contribution < 1.29 is 18.3 Å². The van der Waals surface area contributed by atoms with Crippen LogP contribution in [0.25, 0.3) is 0 Å². The number of rotatable bonds is 7. The average molecular weight is 472 g/mol. The lowest BCUT2D eigenvalue weighted by atomic mass is 9.98. The number of hydrogen-bond donors (Lipinski definition) is 2. The molecule has 4 rings (SSSR count). The van der Waals surface area contributed by atoms with E-state index in [9.17, 15) is 18.3 Å². The Balaban J connectivity index is 1.48. The molecule has 2 saturated heterocycles. The molecule has 0 radical (unpaired) electrons. The van der Waals surface area contributed by atoms with E-state index in [1.807, 2.05) is 6.92 Å². The summed E-state index contributed by atoms with van der Waals surface area (Å²) in [4.78, 5) is 16.9. The molecule has 0 spiro atoms. The van der Waals surface area contributed by atoms with Crippen LogP contribution >= 0.6 is 0 Å². The Kier molecular flexibility index (Phi) is 7.24. The second-order valence-electron chi connectivity index (χ2n) is 8.95. The molecule has 0 aromatic heterocycles. The van der Waals surface area contributed by atoms with Gasteiger partial charge in [-0.05, 0) is 81.1 Å². The molecule has 7 nitrogen and oxygen atoms in total. The van der Waals surface area contributed by atoms with E-state index in [1.165, 1.54) is 38.4 Å². The summed E-state index contributed by atoms with van der Waals surface area (Å²) >= 11 is 0. The predicted octanol–water partition coefficient (Wildman–Crippen LogP) is 4.20. The molecule has 0 amide bonds. The molecule has 0 saturated carbocycles. The third-order valence-corrected chi connectivity index (χ3v) is 8.23. The molecule has 2 aromatic carbocycles. The zero-order valence-corrected chi connectivity index (χ0v) is 20.0. The summed E-state index contributed by atoms with van der Waals surface area (Å²) in [6.45, 7) is 5.95. The van der Waals surface area contributed by atoms with Gasteiger partial charge in [-0.2, -0.15) is 0 Å². The number of piperidine rings is 2. The van der Waals surface area contributed by atoms with Crippen molar-refractivity contribution in [2.24, 2.45) is 0 Å². The second-order valence-corrected chi connectivity index (χ2v) is 10.6. The van der Waals surface area contributed by atoms with Crippen molar-refractivity contribution in [2.45, 2.75) is 56.4 Å². The van der Waals surface area contributed by atoms with Gasteiger partial charge in [-0.25, -0.2) is 13.2 Å². The number of aryl methyl sites for hydroxylation is 1. The molecule has 33 heavy (non-hydrogen) atoms. The van der Waals surface area contributed by atoms with Crippen molar-refractivity contribution >= 4 is 27.4 Å². The van der Waals surface area contributed by atoms with Crippen LogP contribution in [0.1, 0.15) is 54.9 Å². The minimum Gasteiger partial charge on any atom is -0.478 e. The zero-order chi connectivity index (χ0) is 23.4. The summed E-state index contributed by atoms with van der Waals surface area (Å²) in [6.07, 6.45) is 6.71. The van der Waals surface area contributed by atoms with E-state index in [0.29, 0.717) is 11.7 Å². The Morgan fingerprint density at radius 1 is 1.00 bits per heavy atom. The standard InChI is InChI=1S/C25H33N3O4S/c1-2-19-6-9-22(10-7-19)33(31,32)26-20-8-11-24(23(18-20)25(29)30)28-16-12-21(13-17-28)27-14-4-3-5-15-27/h6-11,18,21,26H,2-5,12-17H2,1H3,(H,29,30). The summed E-state index contributed by atoms with van der Waals surface area (Å²) in [5.41, 5.74) is 2.07. The van der Waals surface area contributed by atoms with E-state index in [4.69, 9.17) is 0 Å². The second kappa shape index (κ2) is 10.1. The number of sulfonamides is 1. The van der Waals surface area contributed by atoms with Gasteiger partial charge in [-0.1, -0.05) is 25.5 Å². The number of nitrogens with one attached hydrogen (secondary N) is 1. The van der Waals surface area contributed by atoms with Crippen LogP contribution in [-0.4, -0.2) is 56.6 Å². The fourth-order valence-corrected chi connectivity index (χ4v) is 5.97. The summed E-state index contributed by atoms with van der Waals surface area (Å²) < 4.78 is 28.1. The highest BCUT2D eigenvalue weighted by Crippen LogP contribution is 2.30. The Hall–Kier alpha value is -2.58. The number of likely N-dealkylation sites (tertiary alicyclic amines) is 1. The van der Waals surface area contributed by atoms with Gasteiger partial charge in [0.15, 0.2) is 0 Å². The predicted molar refractivity (Wildman–Crippen MR) is 131 cm³/mol. The fraction of sp³-hybridized carbons (Fsp3) is 0.480. The monoisotopic (exact) mass is 471 g/mol. The maximum atomic E-state index is 12.8. The van der Waals surface area contributed by atoms with Gasteiger partial charge in [-0.3, -0.25) is 4.72 Å². The highest BCUT2D eigenvalue weighted by Gasteiger charge is 2.27. The van der Waals surface area contributed by atoms with Gasteiger partial charge in [0.2, 0.25) is 0 Å². The first-order valence-electron chi connectivity index (χ1n) is 11.9. The minimum atomic E-state index is -3.80. The molecule has 2 aliphatic rings. The molecule has 2 heterocycles. The van der Waals surface area contributed by atoms with E-state index in [-0.39, 0.29) is 16.1 Å². The molecule has 2 fully saturated rings. The van der Waals surface area contributed by atoms with Crippen LogP contribution in [-0.2, 0) is 16.4 Å². The maximum absolute atomic E-state index is 12.8. The molecular weight excluding hydrogens is 438 g/mol. The first-order chi connectivity index (χ1) is 15.9. The van der Waals surface area contributed by atoms with E-state index in [2.05, 4.69) is 14.5 Å². The van der Waals surface area contributed by atoms with Crippen molar-refractivity contribution in [3.8, 4) is 0 Å². The quantitative estimate of drug-likeness (QED) is 0.629. The molecule has 0 aliphatic carbocycles. The van der Waals surface area contributed by atoms with Gasteiger partial charge in [-0.15, -0.1) is 0 Å². The van der Waals surface area contributed by atoms with Crippen LogP contribution < -0.4 is 9.62 Å². The van der Waals surface area contributed by atoms with Crippen LogP contribution in [0, 0.1) is 0 Å². The third-order valence-electron chi connectivity index (χ3n) is 6.83. The van der Waals surface area contributed by atoms with Crippen molar-refractivity contribution in [1.82, 2.24) is 4.90 Å². The first kappa shape index (κ1) is 23.6. The first-order valence-corrected chi connectivity index (χ1v) is 13.3. The van der Waals surface area contributed by atoms with Crippen molar-refractivity contribution in [1.29, 1.82) is 0 Å². The number of nitrogens with zero attached hydrogens (tertiary/aromatic N) is 2. The number of benzene rings is 2. The topological polar surface area (TPSA) is 90.0 Å². The lowest BCUT2D eigenvalue weighted by Crippen LogP contribution is -2.47. The van der Waals surface area contributed by atoms with E-state index in [0.717, 1.165) is 37.9 Å². The van der Waals surface area contributed by atoms with Gasteiger partial charge in [0.1, 0.15) is 0 Å². The van der Waals surface area contributed by atoms with Crippen molar-refractivity contribution in [3.05, 3.63) is 53.6 Å². The smallest absolute Gasteiger partial charge is 0.337 e. The van der Waals surface area contributed by atoms with Crippen LogP contribution in [0.3, 0.4) is 0 Å². The number of carboxylic acid groups (broad SMARTS) is 1. The van der Waals surface area contributed by atoms with Crippen LogP contribution in [0.15, 0.2) is 47.4 Å². The number of anilines is 2. The SMILES string of the molecule is CCc1ccc(S(=O)(=O)Nc2ccc(N3CCC(N4CCCCC4)CC3)c(C(=O)O)c2)cc1. The molecule has 2 N–H and O–H groups in total. The number of hydrogen-bond acceptors (Lipinski definition) is 5. The van der Waals surface area contributed by atoms with Gasteiger partial charge >= 0.3 is 5.97 Å². The van der Waals surface area contributed by atoms with Gasteiger partial charge in [0.25, 0.3) is 10.0 Å². The largest absolute Gasteiger partial charge is 0.478 e. The zero-order valence-electron chi connectivity index (χ0n) is 19.2. The lowest BCUT2D eigenvalue weighted by Gasteiger charge is -2.41. The molecule has 8 heteroatoms. The van der Waals surface area contributed by atoms with Crippen molar-refractivity contribution in [2.75, 3.05) is 35.8 Å². The fourth-order valence-electron chi connectivity index (χ4n) is 4.92. The molecule has 2 aromatic rings. The van der Waals surface area contributed by atoms with Crippen molar-refractivity contribution in [3.63, 3.8) is 0 Å². The van der Waals surface area contributed by atoms with E-state index >= 15 is 0 Å². The molecular formula is C25H33N3O4S. The lowest BCUT2D eigenvalue weighted by molar-refractivity contribution is 0.0697. The molecule has 0 atom stereocenters. The number of carboxylic acids is 1. The summed E-state index contributed by atoms with van der Waals surface area (Å²) in [6, 6.07) is 12.1. The molecule has 0 unspecified atom stereocenters. The Bertz CT molecular complexity index is 1070. The third kappa shape index (κ3) is 5.50. The van der Waals surface area contributed by atoms with Gasteiger partial charge in [0, 0.05) is 24.8 Å². The highest BCUT2D eigenvalue weighted by atomic mass is 32.2. The molecule has 0 bridgehead atoms. The number of carbonyl (C=O) groups is 1. The Labute approximate surface area is 196 Å². The maximum Gasteiger partial charge on any atom is 0.337 e. The van der Waals surface area contributed by atoms with Gasteiger partial charge < -0.3 is 14.9 Å². The minimum absolute atomic E-state index is 0.118.